The van der Waals surface area contributed by atoms with Crippen molar-refractivity contribution in [2.24, 2.45) is 5.92 Å². The normalized spacial score (nSPS) is 33.4. The topological polar surface area (TPSA) is 24.5 Å². The number of hydrogen-bond acceptors (Lipinski definition) is 3. The Kier molecular flexibility index (Phi) is 3.10. The van der Waals surface area contributed by atoms with Gasteiger partial charge in [0, 0.05) is 19.6 Å². The lowest BCUT2D eigenvalue weighted by molar-refractivity contribution is -0.0884. The van der Waals surface area contributed by atoms with E-state index >= 15 is 0 Å². The van der Waals surface area contributed by atoms with E-state index in [9.17, 15) is 0 Å². The fourth-order valence-corrected chi connectivity index (χ4v) is 2.51. The van der Waals surface area contributed by atoms with Crippen molar-refractivity contribution in [1.82, 2.24) is 10.2 Å². The third-order valence-electron chi connectivity index (χ3n) is 3.18. The Morgan fingerprint density at radius 1 is 1.50 bits per heavy atom. The number of rotatable bonds is 2. The molecule has 0 aromatic carbocycles. The Labute approximate surface area is 86.8 Å². The first-order valence-electron chi connectivity index (χ1n) is 5.73. The van der Waals surface area contributed by atoms with Crippen LogP contribution in [0.3, 0.4) is 0 Å². The van der Waals surface area contributed by atoms with Crippen LogP contribution in [0.5, 0.6) is 0 Å². The fraction of sp³-hybridized carbons (Fsp3) is 1.00. The van der Waals surface area contributed by atoms with E-state index in [-0.39, 0.29) is 5.60 Å². The first-order valence-corrected chi connectivity index (χ1v) is 5.73. The third kappa shape index (κ3) is 2.69. The molecule has 0 bridgehead atoms. The summed E-state index contributed by atoms with van der Waals surface area (Å²) in [6, 6.07) is 0. The fourth-order valence-electron chi connectivity index (χ4n) is 2.51. The maximum absolute atomic E-state index is 5.70. The van der Waals surface area contributed by atoms with Crippen molar-refractivity contribution < 1.29 is 4.74 Å². The largest absolute Gasteiger partial charge is 0.373 e. The minimum absolute atomic E-state index is 0.0598. The van der Waals surface area contributed by atoms with Gasteiger partial charge in [0.1, 0.15) is 0 Å². The van der Waals surface area contributed by atoms with E-state index in [0.29, 0.717) is 0 Å². The van der Waals surface area contributed by atoms with E-state index in [2.05, 4.69) is 24.1 Å². The van der Waals surface area contributed by atoms with Crippen LogP contribution in [-0.4, -0.2) is 49.8 Å². The summed E-state index contributed by atoms with van der Waals surface area (Å²) in [6.45, 7) is 11.1. The molecule has 0 aromatic heterocycles. The lowest BCUT2D eigenvalue weighted by Gasteiger charge is -2.39. The maximum atomic E-state index is 5.70. The highest BCUT2D eigenvalue weighted by Gasteiger charge is 2.28. The third-order valence-corrected chi connectivity index (χ3v) is 3.18. The van der Waals surface area contributed by atoms with Crippen LogP contribution in [0.4, 0.5) is 0 Å². The molecule has 2 heterocycles. The van der Waals surface area contributed by atoms with Crippen molar-refractivity contribution in [2.45, 2.75) is 25.9 Å². The zero-order chi connectivity index (χ0) is 10.0. The molecule has 2 rings (SSSR count). The molecule has 2 aliphatic heterocycles. The summed E-state index contributed by atoms with van der Waals surface area (Å²) in [7, 11) is 0. The van der Waals surface area contributed by atoms with E-state index in [1.54, 1.807) is 0 Å². The van der Waals surface area contributed by atoms with Gasteiger partial charge in [-0.05, 0) is 39.3 Å². The minimum atomic E-state index is 0.0598. The average Bonchev–Trinajstić information content (AvgIpc) is 2.54. The van der Waals surface area contributed by atoms with Crippen LogP contribution < -0.4 is 5.32 Å². The van der Waals surface area contributed by atoms with Gasteiger partial charge in [0.25, 0.3) is 0 Å². The highest BCUT2D eigenvalue weighted by molar-refractivity contribution is 4.82. The molecule has 0 aromatic rings. The molecule has 1 unspecified atom stereocenters. The highest BCUT2D eigenvalue weighted by atomic mass is 16.5. The summed E-state index contributed by atoms with van der Waals surface area (Å²) in [5, 5.41) is 3.42. The molecule has 0 radical (unpaired) electrons. The van der Waals surface area contributed by atoms with Crippen molar-refractivity contribution in [3.8, 4) is 0 Å². The minimum Gasteiger partial charge on any atom is -0.373 e. The molecule has 1 atom stereocenters. The standard InChI is InChI=1S/C11H22N2O/c1-11(2)9-13(5-6-14-11)8-10-3-4-12-7-10/h10,12H,3-9H2,1-2H3. The Morgan fingerprint density at radius 3 is 3.00 bits per heavy atom. The monoisotopic (exact) mass is 198 g/mol. The molecule has 0 saturated carbocycles. The van der Waals surface area contributed by atoms with E-state index in [4.69, 9.17) is 4.74 Å². The number of hydrogen-bond donors (Lipinski definition) is 1. The number of morpholine rings is 1. The molecule has 0 aliphatic carbocycles. The molecule has 0 spiro atoms. The van der Waals surface area contributed by atoms with Gasteiger partial charge in [0.05, 0.1) is 12.2 Å². The second-order valence-corrected chi connectivity index (χ2v) is 5.20. The van der Waals surface area contributed by atoms with Crippen LogP contribution in [0.25, 0.3) is 0 Å². The second kappa shape index (κ2) is 4.17. The molecule has 3 heteroatoms. The predicted octanol–water partition coefficient (Wildman–Crippen LogP) is 0.707. The van der Waals surface area contributed by atoms with Crippen LogP contribution in [0.2, 0.25) is 0 Å². The van der Waals surface area contributed by atoms with Gasteiger partial charge in [-0.2, -0.15) is 0 Å². The first kappa shape index (κ1) is 10.4. The molecular weight excluding hydrogens is 176 g/mol. The molecule has 1 N–H and O–H groups in total. The van der Waals surface area contributed by atoms with Crippen LogP contribution in [0, 0.1) is 5.92 Å². The highest BCUT2D eigenvalue weighted by Crippen LogP contribution is 2.18. The zero-order valence-corrected chi connectivity index (χ0v) is 9.38. The van der Waals surface area contributed by atoms with Gasteiger partial charge < -0.3 is 10.1 Å². The molecule has 0 amide bonds. The van der Waals surface area contributed by atoms with Crippen LogP contribution in [0.1, 0.15) is 20.3 Å². The molecule has 2 saturated heterocycles. The smallest absolute Gasteiger partial charge is 0.0753 e. The molecule has 3 nitrogen and oxygen atoms in total. The molecule has 2 aliphatic rings. The van der Waals surface area contributed by atoms with E-state index in [1.807, 2.05) is 0 Å². The quantitative estimate of drug-likeness (QED) is 0.707. The van der Waals surface area contributed by atoms with Gasteiger partial charge in [-0.25, -0.2) is 0 Å². The summed E-state index contributed by atoms with van der Waals surface area (Å²) >= 11 is 0. The van der Waals surface area contributed by atoms with E-state index < -0.39 is 0 Å². The number of nitrogens with zero attached hydrogens (tertiary/aromatic N) is 1. The van der Waals surface area contributed by atoms with E-state index in [0.717, 1.165) is 25.6 Å². The first-order chi connectivity index (χ1) is 6.66. The van der Waals surface area contributed by atoms with Crippen LogP contribution in [0.15, 0.2) is 0 Å². The summed E-state index contributed by atoms with van der Waals surface area (Å²) in [5.74, 6) is 0.865. The van der Waals surface area contributed by atoms with Gasteiger partial charge >= 0.3 is 0 Å². The predicted molar refractivity (Wildman–Crippen MR) is 57.4 cm³/mol. The molecule has 2 fully saturated rings. The average molecular weight is 198 g/mol. The van der Waals surface area contributed by atoms with Crippen LogP contribution >= 0.6 is 0 Å². The Morgan fingerprint density at radius 2 is 2.36 bits per heavy atom. The van der Waals surface area contributed by atoms with Crippen molar-refractivity contribution in [1.29, 1.82) is 0 Å². The summed E-state index contributed by atoms with van der Waals surface area (Å²) in [6.07, 6.45) is 1.35. The lowest BCUT2D eigenvalue weighted by Crippen LogP contribution is -2.49. The number of ether oxygens (including phenoxy) is 1. The van der Waals surface area contributed by atoms with Gasteiger partial charge in [-0.15, -0.1) is 0 Å². The van der Waals surface area contributed by atoms with Crippen molar-refractivity contribution in [2.75, 3.05) is 39.3 Å². The molecular formula is C11H22N2O. The van der Waals surface area contributed by atoms with Gasteiger partial charge in [-0.3, -0.25) is 4.90 Å². The van der Waals surface area contributed by atoms with Crippen molar-refractivity contribution in [3.05, 3.63) is 0 Å². The Bertz CT molecular complexity index is 188. The van der Waals surface area contributed by atoms with E-state index in [1.165, 1.54) is 26.1 Å². The lowest BCUT2D eigenvalue weighted by atomic mass is 10.0. The van der Waals surface area contributed by atoms with Gasteiger partial charge in [-0.1, -0.05) is 0 Å². The zero-order valence-electron chi connectivity index (χ0n) is 9.38. The summed E-state index contributed by atoms with van der Waals surface area (Å²) in [5.41, 5.74) is 0.0598. The van der Waals surface area contributed by atoms with Crippen molar-refractivity contribution >= 4 is 0 Å². The summed E-state index contributed by atoms with van der Waals surface area (Å²) < 4.78 is 5.70. The Hall–Kier alpha value is -0.120. The Balaban J connectivity index is 1.79. The number of nitrogens with one attached hydrogen (secondary N) is 1. The maximum Gasteiger partial charge on any atom is 0.0753 e. The van der Waals surface area contributed by atoms with Crippen molar-refractivity contribution in [3.63, 3.8) is 0 Å². The summed E-state index contributed by atoms with van der Waals surface area (Å²) in [4.78, 5) is 2.56. The molecule has 14 heavy (non-hydrogen) atoms. The van der Waals surface area contributed by atoms with Crippen LogP contribution in [-0.2, 0) is 4.74 Å². The SMILES string of the molecule is CC1(C)CN(CC2CCNC2)CCO1. The molecule has 82 valence electrons. The second-order valence-electron chi connectivity index (χ2n) is 5.20. The van der Waals surface area contributed by atoms with Gasteiger partial charge in [0.15, 0.2) is 0 Å². The van der Waals surface area contributed by atoms with Gasteiger partial charge in [0.2, 0.25) is 0 Å².